The lowest BCUT2D eigenvalue weighted by Gasteiger charge is -2.19. The monoisotopic (exact) mass is 170 g/mol. The van der Waals surface area contributed by atoms with Crippen molar-refractivity contribution >= 4 is 6.03 Å². The zero-order valence-electron chi connectivity index (χ0n) is 5.98. The van der Waals surface area contributed by atoms with E-state index in [2.05, 4.69) is 5.73 Å². The van der Waals surface area contributed by atoms with Gasteiger partial charge in [0.2, 0.25) is 0 Å². The number of hydrogen-bond acceptors (Lipinski definition) is 1. The van der Waals surface area contributed by atoms with Gasteiger partial charge in [-0.1, -0.05) is 0 Å². The summed E-state index contributed by atoms with van der Waals surface area (Å²) in [6.45, 7) is 0.115. The molecule has 0 spiro atoms. The third kappa shape index (κ3) is 4.46. The van der Waals surface area contributed by atoms with Crippen molar-refractivity contribution in [3.63, 3.8) is 0 Å². The van der Waals surface area contributed by atoms with Gasteiger partial charge < -0.3 is 10.6 Å². The van der Waals surface area contributed by atoms with E-state index in [0.29, 0.717) is 4.90 Å². The standard InChI is InChI=1S/C5H9F3N2O/c1-2-10(4(9)11)3-5(6,7)8/h2-3H2,1H3,(H2,9,11). The number of urea groups is 1. The van der Waals surface area contributed by atoms with Crippen LogP contribution in [0.1, 0.15) is 6.92 Å². The molecule has 0 aliphatic rings. The molecule has 6 heteroatoms. The fraction of sp³-hybridized carbons (Fsp3) is 0.800. The Bertz CT molecular complexity index is 145. The molecule has 0 heterocycles. The first kappa shape index (κ1) is 10.1. The zero-order chi connectivity index (χ0) is 9.07. The van der Waals surface area contributed by atoms with Crippen molar-refractivity contribution in [2.24, 2.45) is 5.73 Å². The first-order chi connectivity index (χ1) is 4.87. The van der Waals surface area contributed by atoms with Crippen LogP contribution in [0.5, 0.6) is 0 Å². The molecule has 66 valence electrons. The van der Waals surface area contributed by atoms with Crippen molar-refractivity contribution in [3.8, 4) is 0 Å². The highest BCUT2D eigenvalue weighted by molar-refractivity contribution is 5.71. The largest absolute Gasteiger partial charge is 0.406 e. The lowest BCUT2D eigenvalue weighted by molar-refractivity contribution is -0.139. The molecule has 0 aromatic rings. The predicted octanol–water partition coefficient (Wildman–Crippen LogP) is 0.949. The number of nitrogens with zero attached hydrogens (tertiary/aromatic N) is 1. The van der Waals surface area contributed by atoms with Gasteiger partial charge >= 0.3 is 12.2 Å². The Morgan fingerprint density at radius 3 is 2.09 bits per heavy atom. The van der Waals surface area contributed by atoms with E-state index in [0.717, 1.165) is 0 Å². The predicted molar refractivity (Wildman–Crippen MR) is 32.9 cm³/mol. The summed E-state index contributed by atoms with van der Waals surface area (Å²) in [7, 11) is 0. The van der Waals surface area contributed by atoms with Crippen molar-refractivity contribution in [1.82, 2.24) is 4.90 Å². The average Bonchev–Trinajstić information content (AvgIpc) is 1.80. The van der Waals surface area contributed by atoms with Gasteiger partial charge in [0.15, 0.2) is 0 Å². The van der Waals surface area contributed by atoms with Gasteiger partial charge in [-0.15, -0.1) is 0 Å². The van der Waals surface area contributed by atoms with E-state index in [1.54, 1.807) is 0 Å². The fourth-order valence-corrected chi connectivity index (χ4v) is 0.562. The van der Waals surface area contributed by atoms with Gasteiger partial charge in [0.1, 0.15) is 6.54 Å². The van der Waals surface area contributed by atoms with Crippen LogP contribution in [0.15, 0.2) is 0 Å². The molecule has 11 heavy (non-hydrogen) atoms. The van der Waals surface area contributed by atoms with E-state index in [4.69, 9.17) is 0 Å². The highest BCUT2D eigenvalue weighted by Crippen LogP contribution is 2.15. The van der Waals surface area contributed by atoms with Gasteiger partial charge in [-0.25, -0.2) is 4.79 Å². The summed E-state index contributed by atoms with van der Waals surface area (Å²) >= 11 is 0. The number of carbonyl (C=O) groups excluding carboxylic acids is 1. The third-order valence-electron chi connectivity index (χ3n) is 1.06. The average molecular weight is 170 g/mol. The van der Waals surface area contributed by atoms with Gasteiger partial charge in [-0.3, -0.25) is 0 Å². The minimum atomic E-state index is -4.37. The number of alkyl halides is 3. The SMILES string of the molecule is CCN(CC(F)(F)F)C(N)=O. The normalized spacial score (nSPS) is 11.3. The minimum absolute atomic E-state index is 0.0329. The number of rotatable bonds is 2. The molecule has 0 rings (SSSR count). The molecule has 0 fully saturated rings. The molecule has 0 aromatic carbocycles. The molecule has 0 aliphatic carbocycles. The number of hydrogen-bond donors (Lipinski definition) is 1. The smallest absolute Gasteiger partial charge is 0.351 e. The Balaban J connectivity index is 3.99. The molecule has 0 saturated carbocycles. The highest BCUT2D eigenvalue weighted by atomic mass is 19.4. The fourth-order valence-electron chi connectivity index (χ4n) is 0.562. The van der Waals surface area contributed by atoms with Crippen LogP contribution in [0.4, 0.5) is 18.0 Å². The minimum Gasteiger partial charge on any atom is -0.351 e. The van der Waals surface area contributed by atoms with Crippen LogP contribution in [0, 0.1) is 0 Å². The molecule has 0 unspecified atom stereocenters. The molecule has 3 nitrogen and oxygen atoms in total. The van der Waals surface area contributed by atoms with Gasteiger partial charge in [-0.05, 0) is 6.92 Å². The molecule has 0 bridgehead atoms. The molecule has 2 amide bonds. The van der Waals surface area contributed by atoms with Crippen LogP contribution in [0.25, 0.3) is 0 Å². The lowest BCUT2D eigenvalue weighted by Crippen LogP contribution is -2.41. The lowest BCUT2D eigenvalue weighted by atomic mass is 10.5. The summed E-state index contributed by atoms with van der Waals surface area (Å²) in [5, 5.41) is 0. The summed E-state index contributed by atoms with van der Waals surface area (Å²) in [6.07, 6.45) is -4.37. The maximum Gasteiger partial charge on any atom is 0.406 e. The van der Waals surface area contributed by atoms with E-state index in [9.17, 15) is 18.0 Å². The molecular weight excluding hydrogens is 161 g/mol. The quantitative estimate of drug-likeness (QED) is 0.658. The summed E-state index contributed by atoms with van der Waals surface area (Å²) in [5.41, 5.74) is 4.64. The molecule has 0 saturated heterocycles. The van der Waals surface area contributed by atoms with E-state index in [-0.39, 0.29) is 6.54 Å². The highest BCUT2D eigenvalue weighted by Gasteiger charge is 2.31. The first-order valence-electron chi connectivity index (χ1n) is 2.98. The van der Waals surface area contributed by atoms with Gasteiger partial charge in [-0.2, -0.15) is 13.2 Å². The molecule has 2 N–H and O–H groups in total. The van der Waals surface area contributed by atoms with Crippen LogP contribution < -0.4 is 5.73 Å². The molecule has 0 aromatic heterocycles. The zero-order valence-corrected chi connectivity index (χ0v) is 5.98. The van der Waals surface area contributed by atoms with Gasteiger partial charge in [0.25, 0.3) is 0 Å². The van der Waals surface area contributed by atoms with Gasteiger partial charge in [0.05, 0.1) is 0 Å². The molecule has 0 aliphatic heterocycles. The second kappa shape index (κ2) is 3.45. The van der Waals surface area contributed by atoms with Crippen LogP contribution >= 0.6 is 0 Å². The van der Waals surface area contributed by atoms with E-state index in [1.165, 1.54) is 6.92 Å². The number of amides is 2. The summed E-state index contributed by atoms with van der Waals surface area (Å²) in [5.74, 6) is 0. The van der Waals surface area contributed by atoms with Crippen molar-refractivity contribution < 1.29 is 18.0 Å². The molecule has 0 radical (unpaired) electrons. The Labute approximate surface area is 62.0 Å². The van der Waals surface area contributed by atoms with Crippen LogP contribution in [-0.2, 0) is 0 Å². The van der Waals surface area contributed by atoms with E-state index in [1.807, 2.05) is 0 Å². The summed E-state index contributed by atoms with van der Waals surface area (Å²) in [6, 6.07) is -1.05. The first-order valence-corrected chi connectivity index (χ1v) is 2.98. The number of nitrogens with two attached hydrogens (primary N) is 1. The van der Waals surface area contributed by atoms with E-state index >= 15 is 0 Å². The molecular formula is C5H9F3N2O. The Hall–Kier alpha value is -0.940. The van der Waals surface area contributed by atoms with Crippen molar-refractivity contribution in [3.05, 3.63) is 0 Å². The maximum absolute atomic E-state index is 11.6. The Morgan fingerprint density at radius 2 is 2.00 bits per heavy atom. The van der Waals surface area contributed by atoms with Crippen molar-refractivity contribution in [2.75, 3.05) is 13.1 Å². The topological polar surface area (TPSA) is 46.3 Å². The van der Waals surface area contributed by atoms with E-state index < -0.39 is 18.8 Å². The number of halogens is 3. The third-order valence-corrected chi connectivity index (χ3v) is 1.06. The van der Waals surface area contributed by atoms with Crippen LogP contribution in [0.3, 0.4) is 0 Å². The van der Waals surface area contributed by atoms with Crippen molar-refractivity contribution in [2.45, 2.75) is 13.1 Å². The Kier molecular flexibility index (Phi) is 3.16. The molecule has 0 atom stereocenters. The summed E-state index contributed by atoms with van der Waals surface area (Å²) in [4.78, 5) is 10.8. The summed E-state index contributed by atoms with van der Waals surface area (Å²) < 4.78 is 34.8. The maximum atomic E-state index is 11.6. The van der Waals surface area contributed by atoms with Crippen molar-refractivity contribution in [1.29, 1.82) is 0 Å². The number of primary amides is 1. The Morgan fingerprint density at radius 1 is 1.55 bits per heavy atom. The van der Waals surface area contributed by atoms with Crippen LogP contribution in [0.2, 0.25) is 0 Å². The van der Waals surface area contributed by atoms with Crippen LogP contribution in [-0.4, -0.2) is 30.2 Å². The second-order valence-corrected chi connectivity index (χ2v) is 1.97. The second-order valence-electron chi connectivity index (χ2n) is 1.97. The number of carbonyl (C=O) groups is 1. The van der Waals surface area contributed by atoms with Gasteiger partial charge in [0, 0.05) is 6.54 Å².